The van der Waals surface area contributed by atoms with E-state index in [4.69, 9.17) is 5.11 Å². The number of aliphatic carboxylic acids is 1. The summed E-state index contributed by atoms with van der Waals surface area (Å²) in [5.74, 6) is -1.58. The molecule has 0 spiro atoms. The number of para-hydroxylation sites is 1. The van der Waals surface area contributed by atoms with Crippen LogP contribution in [0.3, 0.4) is 0 Å². The summed E-state index contributed by atoms with van der Waals surface area (Å²) in [6, 6.07) is 4.49. The van der Waals surface area contributed by atoms with Crippen LogP contribution < -0.4 is 0 Å². The smallest absolute Gasteiger partial charge is 0.305 e. The van der Waals surface area contributed by atoms with Gasteiger partial charge >= 0.3 is 5.97 Å². The third-order valence-corrected chi connectivity index (χ3v) is 2.79. The van der Waals surface area contributed by atoms with Gasteiger partial charge in [0, 0.05) is 23.7 Å². The predicted octanol–water partition coefficient (Wildman–Crippen LogP) is 2.46. The third-order valence-electron chi connectivity index (χ3n) is 2.79. The minimum atomic E-state index is -0.961. The molecule has 2 aromatic rings. The molecule has 0 bridgehead atoms. The molecule has 0 aliphatic heterocycles. The SMILES string of the molecule is CC(=O)c1cn(CCC(=O)O)c2c(F)cccc12. The van der Waals surface area contributed by atoms with Crippen LogP contribution in [0.2, 0.25) is 0 Å². The number of carboxylic acids is 1. The molecular formula is C13H12FNO3. The minimum Gasteiger partial charge on any atom is -0.481 e. The molecule has 1 heterocycles. The van der Waals surface area contributed by atoms with Gasteiger partial charge in [0.05, 0.1) is 11.9 Å². The monoisotopic (exact) mass is 249 g/mol. The van der Waals surface area contributed by atoms with E-state index in [1.807, 2.05) is 0 Å². The fourth-order valence-electron chi connectivity index (χ4n) is 1.99. The average molecular weight is 249 g/mol. The Morgan fingerprint density at radius 2 is 2.11 bits per heavy atom. The molecule has 94 valence electrons. The maximum absolute atomic E-state index is 13.8. The van der Waals surface area contributed by atoms with E-state index in [0.29, 0.717) is 10.9 Å². The molecule has 0 aliphatic rings. The normalized spacial score (nSPS) is 10.8. The summed E-state index contributed by atoms with van der Waals surface area (Å²) in [5, 5.41) is 9.18. The zero-order chi connectivity index (χ0) is 13.3. The topological polar surface area (TPSA) is 59.3 Å². The number of ketones is 1. The number of aromatic nitrogens is 1. The molecule has 1 N–H and O–H groups in total. The Hall–Kier alpha value is -2.17. The number of aryl methyl sites for hydroxylation is 1. The quantitative estimate of drug-likeness (QED) is 0.847. The number of halogens is 1. The Balaban J connectivity index is 2.58. The Labute approximate surface area is 103 Å². The van der Waals surface area contributed by atoms with Gasteiger partial charge in [0.25, 0.3) is 0 Å². The van der Waals surface area contributed by atoms with Crippen molar-refractivity contribution >= 4 is 22.7 Å². The van der Waals surface area contributed by atoms with Gasteiger partial charge < -0.3 is 9.67 Å². The van der Waals surface area contributed by atoms with Gasteiger partial charge in [0.1, 0.15) is 5.82 Å². The van der Waals surface area contributed by atoms with Crippen molar-refractivity contribution in [3.63, 3.8) is 0 Å². The number of Topliss-reactive ketones (excluding diaryl/α,β-unsaturated/α-hetero) is 1. The van der Waals surface area contributed by atoms with Crippen molar-refractivity contribution in [2.24, 2.45) is 0 Å². The molecule has 0 unspecified atom stereocenters. The van der Waals surface area contributed by atoms with Crippen LogP contribution in [0.1, 0.15) is 23.7 Å². The molecule has 1 aromatic carbocycles. The first-order valence-electron chi connectivity index (χ1n) is 5.51. The summed E-state index contributed by atoms with van der Waals surface area (Å²) >= 11 is 0. The Kier molecular flexibility index (Phi) is 3.14. The molecule has 0 aliphatic carbocycles. The van der Waals surface area contributed by atoms with Crippen molar-refractivity contribution in [3.05, 3.63) is 35.8 Å². The molecular weight excluding hydrogens is 237 g/mol. The second kappa shape index (κ2) is 4.60. The number of fused-ring (bicyclic) bond motifs is 1. The molecule has 4 nitrogen and oxygen atoms in total. The lowest BCUT2D eigenvalue weighted by atomic mass is 10.1. The number of hydrogen-bond donors (Lipinski definition) is 1. The number of nitrogens with zero attached hydrogens (tertiary/aromatic N) is 1. The van der Waals surface area contributed by atoms with Crippen LogP contribution in [0, 0.1) is 5.82 Å². The number of rotatable bonds is 4. The highest BCUT2D eigenvalue weighted by atomic mass is 19.1. The molecule has 0 fully saturated rings. The lowest BCUT2D eigenvalue weighted by Crippen LogP contribution is -2.04. The first kappa shape index (κ1) is 12.3. The summed E-state index contributed by atoms with van der Waals surface area (Å²) in [5.41, 5.74) is 0.693. The van der Waals surface area contributed by atoms with E-state index in [1.54, 1.807) is 6.07 Å². The summed E-state index contributed by atoms with van der Waals surface area (Å²) in [4.78, 5) is 22.0. The average Bonchev–Trinajstić information content (AvgIpc) is 2.67. The van der Waals surface area contributed by atoms with E-state index in [-0.39, 0.29) is 24.3 Å². The standard InChI is InChI=1S/C13H12FNO3/c1-8(16)10-7-15(6-5-12(17)18)13-9(10)3-2-4-11(13)14/h2-4,7H,5-6H2,1H3,(H,17,18). The van der Waals surface area contributed by atoms with E-state index in [9.17, 15) is 14.0 Å². The Bertz CT molecular complexity index is 630. The third kappa shape index (κ3) is 2.11. The van der Waals surface area contributed by atoms with E-state index in [1.165, 1.54) is 29.8 Å². The van der Waals surface area contributed by atoms with Crippen molar-refractivity contribution < 1.29 is 19.1 Å². The zero-order valence-corrected chi connectivity index (χ0v) is 9.81. The van der Waals surface area contributed by atoms with Crippen molar-refractivity contribution in [3.8, 4) is 0 Å². The second-order valence-electron chi connectivity index (χ2n) is 4.07. The second-order valence-corrected chi connectivity index (χ2v) is 4.07. The number of benzene rings is 1. The number of hydrogen-bond acceptors (Lipinski definition) is 2. The van der Waals surface area contributed by atoms with Gasteiger partial charge in [-0.05, 0) is 13.0 Å². The van der Waals surface area contributed by atoms with Gasteiger partial charge in [-0.15, -0.1) is 0 Å². The van der Waals surface area contributed by atoms with Gasteiger partial charge in [0.2, 0.25) is 0 Å². The maximum atomic E-state index is 13.8. The van der Waals surface area contributed by atoms with Crippen LogP contribution in [0.25, 0.3) is 10.9 Å². The molecule has 18 heavy (non-hydrogen) atoms. The van der Waals surface area contributed by atoms with Crippen LogP contribution in [0.5, 0.6) is 0 Å². The van der Waals surface area contributed by atoms with Gasteiger partial charge in [0.15, 0.2) is 5.78 Å². The Morgan fingerprint density at radius 1 is 1.39 bits per heavy atom. The van der Waals surface area contributed by atoms with Crippen LogP contribution in [-0.4, -0.2) is 21.4 Å². The minimum absolute atomic E-state index is 0.116. The number of carbonyl (C=O) groups is 2. The lowest BCUT2D eigenvalue weighted by Gasteiger charge is -2.03. The largest absolute Gasteiger partial charge is 0.481 e. The summed E-state index contributed by atoms with van der Waals surface area (Å²) in [6.07, 6.45) is 1.40. The molecule has 5 heteroatoms. The molecule has 0 saturated carbocycles. The van der Waals surface area contributed by atoms with Crippen molar-refractivity contribution in [1.29, 1.82) is 0 Å². The predicted molar refractivity (Wildman–Crippen MR) is 64.2 cm³/mol. The lowest BCUT2D eigenvalue weighted by molar-refractivity contribution is -0.137. The fraction of sp³-hybridized carbons (Fsp3) is 0.231. The number of carboxylic acid groups (broad SMARTS) is 1. The highest BCUT2D eigenvalue weighted by Gasteiger charge is 2.15. The van der Waals surface area contributed by atoms with Gasteiger partial charge in [-0.25, -0.2) is 4.39 Å². The molecule has 0 saturated heterocycles. The van der Waals surface area contributed by atoms with Crippen LogP contribution in [0.15, 0.2) is 24.4 Å². The summed E-state index contributed by atoms with van der Waals surface area (Å²) in [6.45, 7) is 1.54. The zero-order valence-electron chi connectivity index (χ0n) is 9.81. The van der Waals surface area contributed by atoms with Crippen LogP contribution in [-0.2, 0) is 11.3 Å². The first-order valence-corrected chi connectivity index (χ1v) is 5.51. The Morgan fingerprint density at radius 3 is 2.72 bits per heavy atom. The highest BCUT2D eigenvalue weighted by Crippen LogP contribution is 2.24. The summed E-state index contributed by atoms with van der Waals surface area (Å²) < 4.78 is 15.3. The van der Waals surface area contributed by atoms with E-state index >= 15 is 0 Å². The number of carbonyl (C=O) groups excluding carboxylic acids is 1. The highest BCUT2D eigenvalue weighted by molar-refractivity contribution is 6.07. The molecule has 0 radical (unpaired) electrons. The fourth-order valence-corrected chi connectivity index (χ4v) is 1.99. The van der Waals surface area contributed by atoms with Crippen LogP contribution >= 0.6 is 0 Å². The molecule has 0 atom stereocenters. The van der Waals surface area contributed by atoms with E-state index in [0.717, 1.165) is 0 Å². The molecule has 1 aromatic heterocycles. The maximum Gasteiger partial charge on any atom is 0.305 e. The molecule has 2 rings (SSSR count). The van der Waals surface area contributed by atoms with Crippen molar-refractivity contribution in [2.45, 2.75) is 19.9 Å². The van der Waals surface area contributed by atoms with Gasteiger partial charge in [-0.3, -0.25) is 9.59 Å². The first-order chi connectivity index (χ1) is 8.50. The van der Waals surface area contributed by atoms with E-state index < -0.39 is 11.8 Å². The van der Waals surface area contributed by atoms with Crippen LogP contribution in [0.4, 0.5) is 4.39 Å². The summed E-state index contributed by atoms with van der Waals surface area (Å²) in [7, 11) is 0. The van der Waals surface area contributed by atoms with Crippen molar-refractivity contribution in [1.82, 2.24) is 4.57 Å². The van der Waals surface area contributed by atoms with Crippen molar-refractivity contribution in [2.75, 3.05) is 0 Å². The molecule has 0 amide bonds. The van der Waals surface area contributed by atoms with E-state index in [2.05, 4.69) is 0 Å². The van der Waals surface area contributed by atoms with Gasteiger partial charge in [-0.2, -0.15) is 0 Å². The van der Waals surface area contributed by atoms with Gasteiger partial charge in [-0.1, -0.05) is 12.1 Å².